The summed E-state index contributed by atoms with van der Waals surface area (Å²) in [6.45, 7) is 2.14. The van der Waals surface area contributed by atoms with Gasteiger partial charge in [0.25, 0.3) is 0 Å². The number of benzene rings is 7. The monoisotopic (exact) mass is 606 g/mol. The third kappa shape index (κ3) is 4.40. The van der Waals surface area contributed by atoms with Crippen LogP contribution in [0.15, 0.2) is 164 Å². The molecule has 3 heteroatoms. The first-order valence-electron chi connectivity index (χ1n) is 15.7. The summed E-state index contributed by atoms with van der Waals surface area (Å²) in [6, 6.07) is 59.6. The minimum atomic E-state index is 1.12. The molecule has 0 bridgehead atoms. The molecule has 9 aromatic rings. The highest BCUT2D eigenvalue weighted by molar-refractivity contribution is 7.25. The van der Waals surface area contributed by atoms with Crippen molar-refractivity contribution < 1.29 is 0 Å². The second kappa shape index (κ2) is 10.8. The van der Waals surface area contributed by atoms with E-state index < -0.39 is 0 Å². The fourth-order valence-corrected chi connectivity index (χ4v) is 7.89. The van der Waals surface area contributed by atoms with Gasteiger partial charge in [-0.25, -0.2) is 0 Å². The van der Waals surface area contributed by atoms with E-state index in [2.05, 4.69) is 180 Å². The van der Waals surface area contributed by atoms with E-state index in [1.54, 1.807) is 0 Å². The molecule has 218 valence electrons. The number of anilines is 3. The average Bonchev–Trinajstić information content (AvgIpc) is 3.65. The largest absolute Gasteiger partial charge is 0.310 e. The van der Waals surface area contributed by atoms with E-state index >= 15 is 0 Å². The van der Waals surface area contributed by atoms with Crippen molar-refractivity contribution in [2.24, 2.45) is 0 Å². The molecule has 0 saturated heterocycles. The molecule has 0 aliphatic heterocycles. The third-order valence-corrected chi connectivity index (χ3v) is 10.2. The van der Waals surface area contributed by atoms with Crippen LogP contribution < -0.4 is 4.90 Å². The Morgan fingerprint density at radius 3 is 1.85 bits per heavy atom. The van der Waals surface area contributed by atoms with Crippen LogP contribution in [0.1, 0.15) is 5.56 Å². The Bertz CT molecular complexity index is 2520. The number of fused-ring (bicyclic) bond motifs is 6. The van der Waals surface area contributed by atoms with Gasteiger partial charge in [-0.3, -0.25) is 0 Å². The molecule has 0 aliphatic carbocycles. The van der Waals surface area contributed by atoms with Crippen molar-refractivity contribution in [3.63, 3.8) is 0 Å². The SMILES string of the molecule is Cc1ccc(N(c2ccc(-c3ccccc3)cc2)c2ccc3c4ccccc4n(-c4ccc5sc6ccccc6c5c4)c3c2)cc1. The normalized spacial score (nSPS) is 11.6. The molecule has 2 aromatic heterocycles. The van der Waals surface area contributed by atoms with Crippen LogP contribution in [-0.4, -0.2) is 4.57 Å². The van der Waals surface area contributed by atoms with Gasteiger partial charge in [0.2, 0.25) is 0 Å². The second-order valence-electron chi connectivity index (χ2n) is 11.9. The summed E-state index contributed by atoms with van der Waals surface area (Å²) < 4.78 is 5.08. The van der Waals surface area contributed by atoms with Gasteiger partial charge in [0.15, 0.2) is 0 Å². The first-order chi connectivity index (χ1) is 22.7. The number of rotatable bonds is 5. The molecule has 0 radical (unpaired) electrons. The molecule has 0 unspecified atom stereocenters. The highest BCUT2D eigenvalue weighted by Gasteiger charge is 2.18. The van der Waals surface area contributed by atoms with Gasteiger partial charge in [-0.15, -0.1) is 11.3 Å². The molecule has 0 fully saturated rings. The Morgan fingerprint density at radius 2 is 1.04 bits per heavy atom. The predicted molar refractivity (Wildman–Crippen MR) is 199 cm³/mol. The maximum Gasteiger partial charge on any atom is 0.0561 e. The lowest BCUT2D eigenvalue weighted by atomic mass is 10.0. The molecular formula is C43H30N2S. The van der Waals surface area contributed by atoms with Gasteiger partial charge in [-0.05, 0) is 84.8 Å². The lowest BCUT2D eigenvalue weighted by Crippen LogP contribution is -2.10. The number of para-hydroxylation sites is 1. The summed E-state index contributed by atoms with van der Waals surface area (Å²) in [5, 5.41) is 5.13. The zero-order valence-electron chi connectivity index (χ0n) is 25.4. The van der Waals surface area contributed by atoms with E-state index in [0.717, 1.165) is 17.1 Å². The molecule has 0 saturated carbocycles. The fourth-order valence-electron chi connectivity index (χ4n) is 6.80. The first-order valence-corrected chi connectivity index (χ1v) is 16.5. The summed E-state index contributed by atoms with van der Waals surface area (Å²) in [7, 11) is 0. The lowest BCUT2D eigenvalue weighted by molar-refractivity contribution is 1.18. The van der Waals surface area contributed by atoms with Crippen molar-refractivity contribution in [1.29, 1.82) is 0 Å². The number of thiophene rings is 1. The fraction of sp³-hybridized carbons (Fsp3) is 0.0233. The van der Waals surface area contributed by atoms with E-state index in [-0.39, 0.29) is 0 Å². The van der Waals surface area contributed by atoms with Gasteiger partial charge >= 0.3 is 0 Å². The Kier molecular flexibility index (Phi) is 6.25. The molecule has 9 rings (SSSR count). The van der Waals surface area contributed by atoms with Crippen LogP contribution in [-0.2, 0) is 0 Å². The number of hydrogen-bond donors (Lipinski definition) is 0. The Labute approximate surface area is 272 Å². The van der Waals surface area contributed by atoms with Crippen LogP contribution in [0.25, 0.3) is 58.8 Å². The number of aromatic nitrogens is 1. The maximum atomic E-state index is 2.44. The minimum Gasteiger partial charge on any atom is -0.310 e. The molecule has 0 amide bonds. The first kappa shape index (κ1) is 26.7. The van der Waals surface area contributed by atoms with E-state index in [1.165, 1.54) is 64.4 Å². The van der Waals surface area contributed by atoms with Crippen LogP contribution in [0, 0.1) is 6.92 Å². The summed E-state index contributed by atoms with van der Waals surface area (Å²) in [6.07, 6.45) is 0. The molecule has 46 heavy (non-hydrogen) atoms. The molecule has 2 nitrogen and oxygen atoms in total. The quantitative estimate of drug-likeness (QED) is 0.189. The highest BCUT2D eigenvalue weighted by Crippen LogP contribution is 2.41. The summed E-state index contributed by atoms with van der Waals surface area (Å²) in [5.41, 5.74) is 10.6. The highest BCUT2D eigenvalue weighted by atomic mass is 32.1. The van der Waals surface area contributed by atoms with Gasteiger partial charge in [0.1, 0.15) is 0 Å². The summed E-state index contributed by atoms with van der Waals surface area (Å²) in [4.78, 5) is 2.37. The minimum absolute atomic E-state index is 1.12. The Morgan fingerprint density at radius 1 is 0.435 bits per heavy atom. The van der Waals surface area contributed by atoms with Gasteiger partial charge in [0.05, 0.1) is 11.0 Å². The van der Waals surface area contributed by atoms with Crippen molar-refractivity contribution >= 4 is 70.4 Å². The Balaban J connectivity index is 1.25. The van der Waals surface area contributed by atoms with Gasteiger partial charge in [-0.1, -0.05) is 103 Å². The van der Waals surface area contributed by atoms with Crippen molar-refractivity contribution in [3.05, 3.63) is 169 Å². The molecule has 0 atom stereocenters. The van der Waals surface area contributed by atoms with Crippen molar-refractivity contribution in [2.45, 2.75) is 6.92 Å². The molecule has 0 aliphatic rings. The van der Waals surface area contributed by atoms with Crippen molar-refractivity contribution in [3.8, 4) is 16.8 Å². The van der Waals surface area contributed by atoms with Gasteiger partial charge in [-0.2, -0.15) is 0 Å². The topological polar surface area (TPSA) is 8.17 Å². The van der Waals surface area contributed by atoms with E-state index in [1.807, 2.05) is 11.3 Å². The molecule has 2 heterocycles. The smallest absolute Gasteiger partial charge is 0.0561 e. The predicted octanol–water partition coefficient (Wildman–Crippen LogP) is 12.6. The molecular weight excluding hydrogens is 577 g/mol. The summed E-state index contributed by atoms with van der Waals surface area (Å²) >= 11 is 1.86. The zero-order valence-corrected chi connectivity index (χ0v) is 26.2. The molecule has 0 spiro atoms. The number of nitrogens with zero attached hydrogens (tertiary/aromatic N) is 2. The number of hydrogen-bond acceptors (Lipinski definition) is 2. The molecule has 7 aromatic carbocycles. The van der Waals surface area contributed by atoms with Crippen molar-refractivity contribution in [2.75, 3.05) is 4.90 Å². The maximum absolute atomic E-state index is 2.44. The van der Waals surface area contributed by atoms with Crippen LogP contribution >= 0.6 is 11.3 Å². The third-order valence-electron chi connectivity index (χ3n) is 9.06. The Hall–Kier alpha value is -5.64. The lowest BCUT2D eigenvalue weighted by Gasteiger charge is -2.26. The van der Waals surface area contributed by atoms with Crippen molar-refractivity contribution in [1.82, 2.24) is 4.57 Å². The van der Waals surface area contributed by atoms with E-state index in [4.69, 9.17) is 0 Å². The van der Waals surface area contributed by atoms with Crippen LogP contribution in [0.5, 0.6) is 0 Å². The van der Waals surface area contributed by atoms with Gasteiger partial charge < -0.3 is 9.47 Å². The van der Waals surface area contributed by atoms with Crippen LogP contribution in [0.3, 0.4) is 0 Å². The standard InChI is InChI=1S/C43H30N2S/c1-29-15-19-32(20-16-29)44(33-21-17-31(18-22-33)30-9-3-2-4-10-30)35-23-25-37-36-11-5-7-13-40(36)45(41(37)28-35)34-24-26-43-39(27-34)38-12-6-8-14-42(38)46-43/h2-28H,1H3. The zero-order chi connectivity index (χ0) is 30.6. The van der Waals surface area contributed by atoms with E-state index in [0.29, 0.717) is 0 Å². The number of aryl methyl sites for hydroxylation is 1. The average molecular weight is 607 g/mol. The van der Waals surface area contributed by atoms with E-state index in [9.17, 15) is 0 Å². The van der Waals surface area contributed by atoms with Crippen LogP contribution in [0.4, 0.5) is 17.1 Å². The van der Waals surface area contributed by atoms with Crippen LogP contribution in [0.2, 0.25) is 0 Å². The summed E-state index contributed by atoms with van der Waals surface area (Å²) in [5.74, 6) is 0. The van der Waals surface area contributed by atoms with Gasteiger partial charge in [0, 0.05) is 53.7 Å². The molecule has 0 N–H and O–H groups in total. The second-order valence-corrected chi connectivity index (χ2v) is 13.0.